The molecule has 0 fully saturated rings. The van der Waals surface area contributed by atoms with E-state index < -0.39 is 0 Å². The maximum Gasteiger partial charge on any atom is 0.0555 e. The van der Waals surface area contributed by atoms with Crippen LogP contribution < -0.4 is 0 Å². The van der Waals surface area contributed by atoms with E-state index in [4.69, 9.17) is 0 Å². The molecule has 186 valence electrons. The fraction of sp³-hybridized carbons (Fsp3) is 0. The summed E-state index contributed by atoms with van der Waals surface area (Å²) >= 11 is 1.83. The lowest BCUT2D eigenvalue weighted by atomic mass is 9.92. The first-order valence-electron chi connectivity index (χ1n) is 13.7. The lowest BCUT2D eigenvalue weighted by molar-refractivity contribution is 1.18. The highest BCUT2D eigenvalue weighted by molar-refractivity contribution is 7.18. The Hall–Kier alpha value is -4.92. The Morgan fingerprint density at radius 2 is 1.02 bits per heavy atom. The molecule has 0 saturated carbocycles. The van der Waals surface area contributed by atoms with Gasteiger partial charge in [-0.15, -0.1) is 11.3 Å². The average Bonchev–Trinajstić information content (AvgIpc) is 3.64. The van der Waals surface area contributed by atoms with Crippen LogP contribution in [-0.4, -0.2) is 4.57 Å². The van der Waals surface area contributed by atoms with Gasteiger partial charge < -0.3 is 4.57 Å². The molecule has 0 N–H and O–H groups in total. The van der Waals surface area contributed by atoms with Crippen LogP contribution in [0.25, 0.3) is 81.0 Å². The van der Waals surface area contributed by atoms with Gasteiger partial charge in [0.1, 0.15) is 0 Å². The summed E-state index contributed by atoms with van der Waals surface area (Å²) in [7, 11) is 0. The first-order valence-corrected chi connectivity index (χ1v) is 14.6. The number of nitrogens with zero attached hydrogens (tertiary/aromatic N) is 1. The van der Waals surface area contributed by atoms with Crippen molar-refractivity contribution in [2.75, 3.05) is 0 Å². The summed E-state index contributed by atoms with van der Waals surface area (Å²) < 4.78 is 3.77. The Morgan fingerprint density at radius 3 is 1.75 bits per heavy atom. The minimum absolute atomic E-state index is 1.18. The summed E-state index contributed by atoms with van der Waals surface area (Å²) in [6, 6.07) is 49.1. The molecule has 0 bridgehead atoms. The van der Waals surface area contributed by atoms with E-state index in [0.717, 1.165) is 0 Å². The molecule has 0 amide bonds. The zero-order valence-electron chi connectivity index (χ0n) is 21.6. The third-order valence-electron chi connectivity index (χ3n) is 8.46. The number of aromatic nitrogens is 1. The van der Waals surface area contributed by atoms with E-state index in [1.165, 1.54) is 81.0 Å². The Kier molecular flexibility index (Phi) is 4.55. The Morgan fingerprint density at radius 1 is 0.425 bits per heavy atom. The van der Waals surface area contributed by atoms with Crippen molar-refractivity contribution in [3.05, 3.63) is 139 Å². The second-order valence-corrected chi connectivity index (χ2v) is 11.5. The molecule has 9 rings (SSSR count). The van der Waals surface area contributed by atoms with Crippen LogP contribution in [0.2, 0.25) is 0 Å². The summed E-state index contributed by atoms with van der Waals surface area (Å²) in [5, 5.41) is 14.0. The molecule has 0 aliphatic carbocycles. The van der Waals surface area contributed by atoms with Crippen LogP contribution in [0.1, 0.15) is 0 Å². The molecule has 0 unspecified atom stereocenters. The summed E-state index contributed by atoms with van der Waals surface area (Å²) in [5.74, 6) is 0. The molecule has 7 aromatic carbocycles. The van der Waals surface area contributed by atoms with Gasteiger partial charge in [-0.05, 0) is 90.6 Å². The molecular formula is C38H23NS. The van der Waals surface area contributed by atoms with E-state index >= 15 is 0 Å². The molecule has 2 heterocycles. The predicted octanol–water partition coefficient (Wildman–Crippen LogP) is 11.1. The maximum absolute atomic E-state index is 2.41. The largest absolute Gasteiger partial charge is 0.309 e. The van der Waals surface area contributed by atoms with E-state index in [2.05, 4.69) is 143 Å². The van der Waals surface area contributed by atoms with Gasteiger partial charge in [-0.3, -0.25) is 0 Å². The number of hydrogen-bond donors (Lipinski definition) is 0. The molecule has 2 heteroatoms. The Balaban J connectivity index is 1.23. The molecule has 0 atom stereocenters. The first-order chi connectivity index (χ1) is 19.8. The molecule has 0 radical (unpaired) electrons. The number of para-hydroxylation sites is 1. The molecule has 0 aliphatic heterocycles. The molecule has 1 nitrogen and oxygen atoms in total. The first kappa shape index (κ1) is 22.0. The molecule has 2 aromatic heterocycles. The monoisotopic (exact) mass is 525 g/mol. The molecule has 0 saturated heterocycles. The second kappa shape index (κ2) is 8.29. The van der Waals surface area contributed by atoms with Gasteiger partial charge in [0.25, 0.3) is 0 Å². The van der Waals surface area contributed by atoms with Crippen molar-refractivity contribution in [1.82, 2.24) is 4.57 Å². The standard InChI is InChI=1S/C38H23NS/c1-2-9-30-28(7-1)29-8-3-4-10-31(29)34-23-26(15-19-32(30)34)24-13-17-27(18-14-24)39-35-12-6-5-11-33(35)37-36(39)20-16-25-21-22-40-38(25)37/h1-23H. The fourth-order valence-electron chi connectivity index (χ4n) is 6.65. The van der Waals surface area contributed by atoms with Crippen LogP contribution in [-0.2, 0) is 0 Å². The third kappa shape index (κ3) is 3.03. The topological polar surface area (TPSA) is 4.93 Å². The van der Waals surface area contributed by atoms with Crippen LogP contribution in [0.4, 0.5) is 0 Å². The molecular weight excluding hydrogens is 502 g/mol. The highest BCUT2D eigenvalue weighted by Crippen LogP contribution is 2.40. The van der Waals surface area contributed by atoms with Crippen LogP contribution >= 0.6 is 11.3 Å². The van der Waals surface area contributed by atoms with Gasteiger partial charge >= 0.3 is 0 Å². The summed E-state index contributed by atoms with van der Waals surface area (Å²) in [6.45, 7) is 0. The van der Waals surface area contributed by atoms with Crippen molar-refractivity contribution < 1.29 is 0 Å². The predicted molar refractivity (Wildman–Crippen MR) is 174 cm³/mol. The SMILES string of the molecule is c1ccc2c(c1)c1ccccc1c1cc(-c3ccc(-n4c5ccccc5c5c6sccc6ccc54)cc3)ccc21. The lowest BCUT2D eigenvalue weighted by Gasteiger charge is -2.13. The zero-order chi connectivity index (χ0) is 26.2. The lowest BCUT2D eigenvalue weighted by Crippen LogP contribution is -1.93. The highest BCUT2D eigenvalue weighted by atomic mass is 32.1. The van der Waals surface area contributed by atoms with Crippen molar-refractivity contribution >= 4 is 75.5 Å². The van der Waals surface area contributed by atoms with Crippen molar-refractivity contribution in [2.24, 2.45) is 0 Å². The average molecular weight is 526 g/mol. The van der Waals surface area contributed by atoms with E-state index in [1.54, 1.807) is 0 Å². The summed E-state index contributed by atoms with van der Waals surface area (Å²) in [5.41, 5.74) is 6.15. The zero-order valence-corrected chi connectivity index (χ0v) is 22.5. The van der Waals surface area contributed by atoms with E-state index in [0.29, 0.717) is 0 Å². The van der Waals surface area contributed by atoms with Gasteiger partial charge in [0.15, 0.2) is 0 Å². The van der Waals surface area contributed by atoms with Crippen molar-refractivity contribution in [3.8, 4) is 16.8 Å². The number of rotatable bonds is 2. The number of benzene rings is 7. The summed E-state index contributed by atoms with van der Waals surface area (Å²) in [4.78, 5) is 0. The smallest absolute Gasteiger partial charge is 0.0555 e. The fourth-order valence-corrected chi connectivity index (χ4v) is 7.60. The van der Waals surface area contributed by atoms with Gasteiger partial charge in [-0.1, -0.05) is 97.1 Å². The third-order valence-corrected chi connectivity index (χ3v) is 9.41. The van der Waals surface area contributed by atoms with E-state index in [9.17, 15) is 0 Å². The second-order valence-electron chi connectivity index (χ2n) is 10.5. The van der Waals surface area contributed by atoms with Crippen LogP contribution in [0.15, 0.2) is 139 Å². The number of hydrogen-bond acceptors (Lipinski definition) is 1. The van der Waals surface area contributed by atoms with Gasteiger partial charge in [-0.25, -0.2) is 0 Å². The Labute approximate surface area is 235 Å². The molecule has 40 heavy (non-hydrogen) atoms. The quantitative estimate of drug-likeness (QED) is 0.198. The highest BCUT2D eigenvalue weighted by Gasteiger charge is 2.15. The van der Waals surface area contributed by atoms with Crippen molar-refractivity contribution in [2.45, 2.75) is 0 Å². The van der Waals surface area contributed by atoms with Gasteiger partial charge in [0, 0.05) is 21.2 Å². The minimum atomic E-state index is 1.18. The van der Waals surface area contributed by atoms with Crippen LogP contribution in [0.3, 0.4) is 0 Å². The van der Waals surface area contributed by atoms with Gasteiger partial charge in [-0.2, -0.15) is 0 Å². The van der Waals surface area contributed by atoms with E-state index in [-0.39, 0.29) is 0 Å². The Bertz CT molecular complexity index is 2390. The minimum Gasteiger partial charge on any atom is -0.309 e. The molecule has 0 aliphatic rings. The number of fused-ring (bicyclic) bond motifs is 11. The van der Waals surface area contributed by atoms with Gasteiger partial charge in [0.05, 0.1) is 11.0 Å². The van der Waals surface area contributed by atoms with Crippen LogP contribution in [0.5, 0.6) is 0 Å². The van der Waals surface area contributed by atoms with E-state index in [1.807, 2.05) is 11.3 Å². The normalized spacial score (nSPS) is 12.0. The van der Waals surface area contributed by atoms with Crippen molar-refractivity contribution in [3.63, 3.8) is 0 Å². The molecule has 0 spiro atoms. The van der Waals surface area contributed by atoms with Gasteiger partial charge in [0.2, 0.25) is 0 Å². The maximum atomic E-state index is 2.41. The van der Waals surface area contributed by atoms with Crippen LogP contribution in [0, 0.1) is 0 Å². The van der Waals surface area contributed by atoms with Crippen molar-refractivity contribution in [1.29, 1.82) is 0 Å². The summed E-state index contributed by atoms with van der Waals surface area (Å²) in [6.07, 6.45) is 0. The number of thiophene rings is 1. The molecule has 9 aromatic rings.